The average Bonchev–Trinajstić information content (AvgIpc) is 2.62. The predicted octanol–water partition coefficient (Wildman–Crippen LogP) is 4.98. The number of aliphatic imine (C=N–C) groups is 1. The molecular weight excluding hydrogens is 270 g/mol. The first-order chi connectivity index (χ1) is 8.90. The van der Waals surface area contributed by atoms with Crippen molar-refractivity contribution in [2.75, 3.05) is 6.26 Å². The van der Waals surface area contributed by atoms with Gasteiger partial charge in [0.1, 0.15) is 0 Å². The SMILES string of the molecule is C=C(C)CC1(SC)SC(c2ccccc2)=NC1(C)C. The van der Waals surface area contributed by atoms with Crippen molar-refractivity contribution < 1.29 is 0 Å². The van der Waals surface area contributed by atoms with Gasteiger partial charge in [-0.15, -0.1) is 18.3 Å². The Morgan fingerprint density at radius 2 is 1.95 bits per heavy atom. The van der Waals surface area contributed by atoms with Gasteiger partial charge in [0.25, 0.3) is 0 Å². The molecule has 1 aromatic rings. The highest BCUT2D eigenvalue weighted by Gasteiger charge is 2.50. The molecule has 19 heavy (non-hydrogen) atoms. The largest absolute Gasteiger partial charge is 0.269 e. The molecule has 0 bridgehead atoms. The summed E-state index contributed by atoms with van der Waals surface area (Å²) in [6, 6.07) is 10.5. The molecule has 0 radical (unpaired) electrons. The first-order valence-electron chi connectivity index (χ1n) is 6.44. The summed E-state index contributed by atoms with van der Waals surface area (Å²) in [4.78, 5) is 4.99. The Hall–Kier alpha value is -0.670. The van der Waals surface area contributed by atoms with E-state index in [1.807, 2.05) is 29.6 Å². The minimum absolute atomic E-state index is 0.0595. The highest BCUT2D eigenvalue weighted by Crippen LogP contribution is 2.56. The highest BCUT2D eigenvalue weighted by atomic mass is 32.2. The normalized spacial score (nSPS) is 25.2. The number of hydrogen-bond donors (Lipinski definition) is 0. The Morgan fingerprint density at radius 1 is 1.32 bits per heavy atom. The van der Waals surface area contributed by atoms with Crippen LogP contribution >= 0.6 is 23.5 Å². The Labute approximate surface area is 125 Å². The number of benzene rings is 1. The number of allylic oxidation sites excluding steroid dienone is 1. The molecule has 3 heteroatoms. The summed E-state index contributed by atoms with van der Waals surface area (Å²) >= 11 is 3.80. The molecule has 1 nitrogen and oxygen atoms in total. The zero-order valence-corrected chi connectivity index (χ0v) is 13.7. The molecule has 1 heterocycles. The molecule has 0 N–H and O–H groups in total. The van der Waals surface area contributed by atoms with E-state index < -0.39 is 0 Å². The van der Waals surface area contributed by atoms with Crippen molar-refractivity contribution in [3.63, 3.8) is 0 Å². The van der Waals surface area contributed by atoms with E-state index in [9.17, 15) is 0 Å². The third kappa shape index (κ3) is 2.77. The number of rotatable bonds is 4. The number of hydrogen-bond acceptors (Lipinski definition) is 3. The van der Waals surface area contributed by atoms with E-state index in [4.69, 9.17) is 4.99 Å². The molecule has 0 fully saturated rings. The van der Waals surface area contributed by atoms with Gasteiger partial charge in [-0.2, -0.15) is 0 Å². The van der Waals surface area contributed by atoms with Gasteiger partial charge in [0.15, 0.2) is 0 Å². The van der Waals surface area contributed by atoms with E-state index in [-0.39, 0.29) is 9.62 Å². The molecule has 1 atom stereocenters. The van der Waals surface area contributed by atoms with E-state index in [2.05, 4.69) is 57.9 Å². The van der Waals surface area contributed by atoms with E-state index in [1.54, 1.807) is 0 Å². The quantitative estimate of drug-likeness (QED) is 0.725. The second kappa shape index (κ2) is 5.37. The van der Waals surface area contributed by atoms with Crippen LogP contribution in [0, 0.1) is 0 Å². The molecular formula is C16H21NS2. The van der Waals surface area contributed by atoms with Crippen LogP contribution in [0.2, 0.25) is 0 Å². The molecule has 0 amide bonds. The van der Waals surface area contributed by atoms with Gasteiger partial charge in [0, 0.05) is 5.56 Å². The predicted molar refractivity (Wildman–Crippen MR) is 90.3 cm³/mol. The lowest BCUT2D eigenvalue weighted by Gasteiger charge is -2.37. The molecule has 1 aromatic carbocycles. The summed E-state index contributed by atoms with van der Waals surface area (Å²) < 4.78 is 0.0595. The number of thioether (sulfide) groups is 2. The Bertz CT molecular complexity index is 505. The second-order valence-electron chi connectivity index (χ2n) is 5.53. The molecule has 0 spiro atoms. The van der Waals surface area contributed by atoms with Crippen molar-refractivity contribution in [2.45, 2.75) is 36.8 Å². The second-order valence-corrected chi connectivity index (χ2v) is 8.19. The maximum absolute atomic E-state index is 4.99. The molecule has 2 rings (SSSR count). The van der Waals surface area contributed by atoms with Gasteiger partial charge in [-0.25, -0.2) is 0 Å². The lowest BCUT2D eigenvalue weighted by atomic mass is 9.95. The Morgan fingerprint density at radius 3 is 2.47 bits per heavy atom. The molecule has 102 valence electrons. The van der Waals surface area contributed by atoms with Crippen molar-refractivity contribution in [1.82, 2.24) is 0 Å². The van der Waals surface area contributed by atoms with Crippen molar-refractivity contribution in [1.29, 1.82) is 0 Å². The fraction of sp³-hybridized carbons (Fsp3) is 0.438. The van der Waals surface area contributed by atoms with Gasteiger partial charge in [0.2, 0.25) is 0 Å². The summed E-state index contributed by atoms with van der Waals surface area (Å²) in [5.41, 5.74) is 2.36. The first kappa shape index (κ1) is 14.7. The Balaban J connectivity index is 2.36. The minimum Gasteiger partial charge on any atom is -0.269 e. The van der Waals surface area contributed by atoms with Gasteiger partial charge in [0.05, 0.1) is 14.7 Å². The highest BCUT2D eigenvalue weighted by molar-refractivity contribution is 8.26. The third-order valence-electron chi connectivity index (χ3n) is 3.46. The van der Waals surface area contributed by atoms with Crippen LogP contribution < -0.4 is 0 Å². The van der Waals surface area contributed by atoms with Crippen LogP contribution in [0.3, 0.4) is 0 Å². The molecule has 0 aliphatic carbocycles. The first-order valence-corrected chi connectivity index (χ1v) is 8.48. The summed E-state index contributed by atoms with van der Waals surface area (Å²) in [5.74, 6) is 0. The van der Waals surface area contributed by atoms with E-state index in [0.717, 1.165) is 11.5 Å². The fourth-order valence-corrected chi connectivity index (χ4v) is 5.32. The van der Waals surface area contributed by atoms with Crippen molar-refractivity contribution >= 4 is 28.6 Å². The minimum atomic E-state index is -0.0821. The van der Waals surface area contributed by atoms with Crippen LogP contribution in [0.25, 0.3) is 0 Å². The number of nitrogens with zero attached hydrogens (tertiary/aromatic N) is 1. The third-order valence-corrected chi connectivity index (χ3v) is 7.01. The van der Waals surface area contributed by atoms with Gasteiger partial charge < -0.3 is 0 Å². The Kier molecular flexibility index (Phi) is 4.17. The molecule has 0 saturated carbocycles. The van der Waals surface area contributed by atoms with Gasteiger partial charge in [-0.05, 0) is 33.4 Å². The average molecular weight is 291 g/mol. The summed E-state index contributed by atoms with van der Waals surface area (Å²) in [6.45, 7) is 10.7. The van der Waals surface area contributed by atoms with Gasteiger partial charge >= 0.3 is 0 Å². The zero-order chi connectivity index (χ0) is 14.1. The van der Waals surface area contributed by atoms with Crippen LogP contribution in [0.4, 0.5) is 0 Å². The van der Waals surface area contributed by atoms with Gasteiger partial charge in [-0.1, -0.05) is 47.7 Å². The van der Waals surface area contributed by atoms with Crippen LogP contribution in [0.1, 0.15) is 32.8 Å². The van der Waals surface area contributed by atoms with E-state index in [0.29, 0.717) is 0 Å². The van der Waals surface area contributed by atoms with Gasteiger partial charge in [-0.3, -0.25) is 4.99 Å². The maximum Gasteiger partial charge on any atom is 0.0999 e. The maximum atomic E-state index is 4.99. The summed E-state index contributed by atoms with van der Waals surface area (Å²) in [5, 5.41) is 1.15. The van der Waals surface area contributed by atoms with E-state index >= 15 is 0 Å². The van der Waals surface area contributed by atoms with Crippen molar-refractivity contribution in [3.05, 3.63) is 48.0 Å². The molecule has 1 aliphatic heterocycles. The fourth-order valence-electron chi connectivity index (χ4n) is 2.36. The summed E-state index contributed by atoms with van der Waals surface area (Å²) in [7, 11) is 0. The van der Waals surface area contributed by atoms with E-state index in [1.165, 1.54) is 11.1 Å². The molecule has 1 aliphatic rings. The van der Waals surface area contributed by atoms with Crippen LogP contribution in [-0.4, -0.2) is 20.9 Å². The topological polar surface area (TPSA) is 12.4 Å². The van der Waals surface area contributed by atoms with Crippen LogP contribution in [-0.2, 0) is 0 Å². The van der Waals surface area contributed by atoms with Crippen molar-refractivity contribution in [2.24, 2.45) is 4.99 Å². The van der Waals surface area contributed by atoms with Crippen LogP contribution in [0.15, 0.2) is 47.5 Å². The monoisotopic (exact) mass is 291 g/mol. The lowest BCUT2D eigenvalue weighted by Crippen LogP contribution is -2.40. The zero-order valence-electron chi connectivity index (χ0n) is 12.1. The summed E-state index contributed by atoms with van der Waals surface area (Å²) in [6.07, 6.45) is 3.17. The smallest absolute Gasteiger partial charge is 0.0999 e. The lowest BCUT2D eigenvalue weighted by molar-refractivity contribution is 0.475. The standard InChI is InChI=1S/C16H21NS2/c1-12(2)11-16(18-5)15(3,4)17-14(19-16)13-9-7-6-8-10-13/h6-10H,1,11H2,2-5H3. The molecule has 1 unspecified atom stereocenters. The van der Waals surface area contributed by atoms with Crippen molar-refractivity contribution in [3.8, 4) is 0 Å². The van der Waals surface area contributed by atoms with Crippen LogP contribution in [0.5, 0.6) is 0 Å². The molecule has 0 saturated heterocycles. The molecule has 0 aromatic heterocycles.